The molecular formula is C18H16BrNO2. The maximum Gasteiger partial charge on any atom is 0.244 e. The topological polar surface area (TPSA) is 46.2 Å². The first-order valence-electron chi connectivity index (χ1n) is 6.95. The lowest BCUT2D eigenvalue weighted by molar-refractivity contribution is -0.116. The van der Waals surface area contributed by atoms with Gasteiger partial charge >= 0.3 is 0 Å². The molecule has 0 aliphatic carbocycles. The zero-order valence-electron chi connectivity index (χ0n) is 12.0. The predicted molar refractivity (Wildman–Crippen MR) is 90.8 cm³/mol. The molecule has 4 heteroatoms. The molecule has 0 atom stereocenters. The van der Waals surface area contributed by atoms with Gasteiger partial charge in [-0.3, -0.25) is 9.59 Å². The normalized spacial score (nSPS) is 10.6. The number of allylic oxidation sites excluding steroid dienone is 1. The number of halogens is 1. The van der Waals surface area contributed by atoms with Gasteiger partial charge in [0.15, 0.2) is 5.78 Å². The van der Waals surface area contributed by atoms with E-state index in [0.29, 0.717) is 12.1 Å². The molecule has 0 unspecified atom stereocenters. The highest BCUT2D eigenvalue weighted by molar-refractivity contribution is 9.10. The van der Waals surface area contributed by atoms with Crippen molar-refractivity contribution in [1.29, 1.82) is 0 Å². The Morgan fingerprint density at radius 2 is 1.64 bits per heavy atom. The zero-order valence-corrected chi connectivity index (χ0v) is 13.5. The molecule has 0 radical (unpaired) electrons. The van der Waals surface area contributed by atoms with E-state index in [1.165, 1.54) is 12.2 Å². The van der Waals surface area contributed by atoms with E-state index in [1.807, 2.05) is 30.3 Å². The van der Waals surface area contributed by atoms with Crippen LogP contribution in [0.3, 0.4) is 0 Å². The minimum absolute atomic E-state index is 0.189. The Hall–Kier alpha value is -2.20. The first-order valence-corrected chi connectivity index (χ1v) is 7.74. The van der Waals surface area contributed by atoms with E-state index < -0.39 is 0 Å². The van der Waals surface area contributed by atoms with Gasteiger partial charge in [0, 0.05) is 22.7 Å². The van der Waals surface area contributed by atoms with Crippen LogP contribution in [-0.4, -0.2) is 18.2 Å². The second kappa shape index (κ2) is 8.29. The maximum atomic E-state index is 11.9. The minimum Gasteiger partial charge on any atom is -0.352 e. The van der Waals surface area contributed by atoms with Gasteiger partial charge < -0.3 is 5.32 Å². The van der Waals surface area contributed by atoms with Crippen LogP contribution in [0.25, 0.3) is 0 Å². The number of hydrogen-bond acceptors (Lipinski definition) is 2. The van der Waals surface area contributed by atoms with E-state index >= 15 is 0 Å². The summed E-state index contributed by atoms with van der Waals surface area (Å²) in [5.74, 6) is -0.452. The minimum atomic E-state index is -0.263. The molecule has 1 amide bonds. The van der Waals surface area contributed by atoms with Crippen LogP contribution in [0.2, 0.25) is 0 Å². The molecule has 0 aliphatic heterocycles. The van der Waals surface area contributed by atoms with E-state index in [4.69, 9.17) is 0 Å². The van der Waals surface area contributed by atoms with Crippen LogP contribution in [0.5, 0.6) is 0 Å². The third kappa shape index (κ3) is 5.30. The van der Waals surface area contributed by atoms with Gasteiger partial charge in [0.1, 0.15) is 0 Å². The molecule has 0 bridgehead atoms. The van der Waals surface area contributed by atoms with E-state index in [-0.39, 0.29) is 11.7 Å². The Labute approximate surface area is 138 Å². The van der Waals surface area contributed by atoms with E-state index in [0.717, 1.165) is 16.5 Å². The lowest BCUT2D eigenvalue weighted by atomic mass is 10.1. The Bertz CT molecular complexity index is 663. The Morgan fingerprint density at radius 3 is 2.32 bits per heavy atom. The number of nitrogens with one attached hydrogen (secondary N) is 1. The molecule has 2 rings (SSSR count). The van der Waals surface area contributed by atoms with Crippen molar-refractivity contribution in [3.8, 4) is 0 Å². The smallest absolute Gasteiger partial charge is 0.244 e. The van der Waals surface area contributed by atoms with E-state index in [9.17, 15) is 9.59 Å². The molecule has 0 saturated carbocycles. The highest BCUT2D eigenvalue weighted by atomic mass is 79.9. The van der Waals surface area contributed by atoms with Gasteiger partial charge in [-0.2, -0.15) is 0 Å². The van der Waals surface area contributed by atoms with Gasteiger partial charge in [-0.15, -0.1) is 0 Å². The summed E-state index contributed by atoms with van der Waals surface area (Å²) in [7, 11) is 0. The lowest BCUT2D eigenvalue weighted by Crippen LogP contribution is -2.23. The third-order valence-electron chi connectivity index (χ3n) is 3.07. The largest absolute Gasteiger partial charge is 0.352 e. The van der Waals surface area contributed by atoms with Crippen LogP contribution >= 0.6 is 15.9 Å². The van der Waals surface area contributed by atoms with Crippen molar-refractivity contribution in [3.05, 3.63) is 82.3 Å². The fourth-order valence-electron chi connectivity index (χ4n) is 1.90. The first-order chi connectivity index (χ1) is 10.6. The van der Waals surface area contributed by atoms with Crippen LogP contribution in [0.1, 0.15) is 15.9 Å². The van der Waals surface area contributed by atoms with Crippen molar-refractivity contribution in [2.24, 2.45) is 0 Å². The quantitative estimate of drug-likeness (QED) is 0.634. The molecule has 112 valence electrons. The van der Waals surface area contributed by atoms with Gasteiger partial charge in [-0.1, -0.05) is 46.3 Å². The van der Waals surface area contributed by atoms with Crippen molar-refractivity contribution in [1.82, 2.24) is 5.32 Å². The van der Waals surface area contributed by atoms with E-state index in [2.05, 4.69) is 21.2 Å². The number of amides is 1. The molecule has 0 fully saturated rings. The number of benzene rings is 2. The molecule has 2 aromatic rings. The molecule has 1 N–H and O–H groups in total. The summed E-state index contributed by atoms with van der Waals surface area (Å²) < 4.78 is 0.909. The van der Waals surface area contributed by atoms with Crippen LogP contribution in [0.15, 0.2) is 71.2 Å². The fraction of sp³-hybridized carbons (Fsp3) is 0.111. The van der Waals surface area contributed by atoms with Crippen LogP contribution in [-0.2, 0) is 11.2 Å². The van der Waals surface area contributed by atoms with Crippen LogP contribution < -0.4 is 5.32 Å². The molecular weight excluding hydrogens is 342 g/mol. The molecule has 0 saturated heterocycles. The predicted octanol–water partition coefficient (Wildman–Crippen LogP) is 3.55. The van der Waals surface area contributed by atoms with Gasteiger partial charge in [0.05, 0.1) is 0 Å². The number of hydrogen-bond donors (Lipinski definition) is 1. The molecule has 0 spiro atoms. The number of ketones is 1. The summed E-state index contributed by atoms with van der Waals surface area (Å²) in [6, 6.07) is 16.9. The standard InChI is InChI=1S/C18H16BrNO2/c19-16-8-6-15(7-9-16)17(21)10-11-18(22)20-13-12-14-4-2-1-3-5-14/h1-11H,12-13H2,(H,20,22)/b11-10+. The van der Waals surface area contributed by atoms with Gasteiger partial charge in [-0.25, -0.2) is 0 Å². The van der Waals surface area contributed by atoms with E-state index in [1.54, 1.807) is 24.3 Å². The van der Waals surface area contributed by atoms with Crippen molar-refractivity contribution in [3.63, 3.8) is 0 Å². The zero-order chi connectivity index (χ0) is 15.8. The van der Waals surface area contributed by atoms with Crippen molar-refractivity contribution in [2.75, 3.05) is 6.54 Å². The Morgan fingerprint density at radius 1 is 0.955 bits per heavy atom. The molecule has 22 heavy (non-hydrogen) atoms. The average molecular weight is 358 g/mol. The van der Waals surface area contributed by atoms with Crippen molar-refractivity contribution < 1.29 is 9.59 Å². The SMILES string of the molecule is O=C(/C=C/C(=O)c1ccc(Br)cc1)NCCc1ccccc1. The highest BCUT2D eigenvalue weighted by Gasteiger charge is 2.02. The molecule has 0 aliphatic rings. The first kappa shape index (κ1) is 16.2. The summed E-state index contributed by atoms with van der Waals surface area (Å²) in [5.41, 5.74) is 1.72. The molecule has 0 heterocycles. The maximum absolute atomic E-state index is 11.9. The average Bonchev–Trinajstić information content (AvgIpc) is 2.54. The lowest BCUT2D eigenvalue weighted by Gasteiger charge is -2.02. The molecule has 2 aromatic carbocycles. The summed E-state index contributed by atoms with van der Waals surface area (Å²) in [5, 5.41) is 2.76. The van der Waals surface area contributed by atoms with Gasteiger partial charge in [-0.05, 0) is 42.3 Å². The summed E-state index contributed by atoms with van der Waals surface area (Å²) in [6.07, 6.45) is 3.33. The molecule has 3 nitrogen and oxygen atoms in total. The summed E-state index contributed by atoms with van der Waals surface area (Å²) >= 11 is 3.31. The van der Waals surface area contributed by atoms with Crippen molar-refractivity contribution in [2.45, 2.75) is 6.42 Å². The number of rotatable bonds is 6. The highest BCUT2D eigenvalue weighted by Crippen LogP contribution is 2.11. The Kier molecular flexibility index (Phi) is 6.10. The summed E-state index contributed by atoms with van der Waals surface area (Å²) in [6.45, 7) is 0.541. The number of carbonyl (C=O) groups is 2. The molecule has 0 aromatic heterocycles. The van der Waals surface area contributed by atoms with Crippen LogP contribution in [0, 0.1) is 0 Å². The van der Waals surface area contributed by atoms with Crippen LogP contribution in [0.4, 0.5) is 0 Å². The number of carbonyl (C=O) groups excluding carboxylic acids is 2. The second-order valence-corrected chi connectivity index (χ2v) is 5.65. The van der Waals surface area contributed by atoms with Gasteiger partial charge in [0.25, 0.3) is 0 Å². The van der Waals surface area contributed by atoms with Gasteiger partial charge in [0.2, 0.25) is 5.91 Å². The monoisotopic (exact) mass is 357 g/mol. The summed E-state index contributed by atoms with van der Waals surface area (Å²) in [4.78, 5) is 23.5. The second-order valence-electron chi connectivity index (χ2n) is 4.73. The Balaban J connectivity index is 1.78. The fourth-order valence-corrected chi connectivity index (χ4v) is 2.16. The third-order valence-corrected chi connectivity index (χ3v) is 3.60. The van der Waals surface area contributed by atoms with Crippen molar-refractivity contribution >= 4 is 27.6 Å².